The number of aryl methyl sites for hydroxylation is 1. The molecule has 0 radical (unpaired) electrons. The number of fused-ring (bicyclic) bond motifs is 1. The maximum atomic E-state index is 13.0. The average molecular weight is 449 g/mol. The topological polar surface area (TPSA) is 128 Å². The van der Waals surface area contributed by atoms with Crippen LogP contribution in [0.2, 0.25) is 0 Å². The number of nitrogen functional groups attached to an aromatic ring is 1. The van der Waals surface area contributed by atoms with Gasteiger partial charge in [-0.15, -0.1) is 0 Å². The average Bonchev–Trinajstić information content (AvgIpc) is 3.56. The highest BCUT2D eigenvalue weighted by atomic mass is 16.2. The van der Waals surface area contributed by atoms with Gasteiger partial charge in [0, 0.05) is 24.8 Å². The molecule has 3 aromatic rings. The van der Waals surface area contributed by atoms with E-state index in [0.29, 0.717) is 36.5 Å². The molecule has 2 aromatic heterocycles. The standard InChI is InChI=1S/C24H32N8O/c1-2-16-6-5-9-19(18(16)12-32-15-29-20-21(25)27-14-28-22(20)32)31-11-10-24(26,13-31)23(33)30-17-7-3-4-8-17/h5-6,9,14-15,17H,2-4,7-8,10-13,26H2,1H3,(H,30,33)(H2,25,27,28). The van der Waals surface area contributed by atoms with Gasteiger partial charge in [0.2, 0.25) is 5.91 Å². The zero-order valence-corrected chi connectivity index (χ0v) is 19.1. The lowest BCUT2D eigenvalue weighted by molar-refractivity contribution is -0.126. The third-order valence-electron chi connectivity index (χ3n) is 7.17. The van der Waals surface area contributed by atoms with Crippen molar-refractivity contribution in [3.8, 4) is 0 Å². The Morgan fingerprint density at radius 1 is 1.24 bits per heavy atom. The number of benzene rings is 1. The van der Waals surface area contributed by atoms with Crippen LogP contribution >= 0.6 is 0 Å². The lowest BCUT2D eigenvalue weighted by Crippen LogP contribution is -2.57. The van der Waals surface area contributed by atoms with E-state index < -0.39 is 5.54 Å². The number of nitrogens with two attached hydrogens (primary N) is 2. The molecule has 1 aliphatic carbocycles. The molecule has 1 saturated heterocycles. The lowest BCUT2D eigenvalue weighted by atomic mass is 9.98. The van der Waals surface area contributed by atoms with Crippen LogP contribution in [0, 0.1) is 0 Å². The first-order valence-electron chi connectivity index (χ1n) is 11.9. The summed E-state index contributed by atoms with van der Waals surface area (Å²) >= 11 is 0. The van der Waals surface area contributed by atoms with E-state index in [9.17, 15) is 4.79 Å². The minimum Gasteiger partial charge on any atom is -0.382 e. The molecule has 9 heteroatoms. The van der Waals surface area contributed by atoms with Gasteiger partial charge in [0.05, 0.1) is 12.9 Å². The molecular formula is C24H32N8O. The molecule has 0 spiro atoms. The SMILES string of the molecule is CCc1cccc(N2CCC(N)(C(=O)NC3CCCC3)C2)c1Cn1cnc2c(N)ncnc21. The van der Waals surface area contributed by atoms with E-state index in [2.05, 4.69) is 50.3 Å². The predicted molar refractivity (Wildman–Crippen MR) is 129 cm³/mol. The van der Waals surface area contributed by atoms with Crippen molar-refractivity contribution in [3.63, 3.8) is 0 Å². The fourth-order valence-corrected chi connectivity index (χ4v) is 5.24. The molecular weight excluding hydrogens is 416 g/mol. The molecule has 3 heterocycles. The number of nitrogens with zero attached hydrogens (tertiary/aromatic N) is 5. The molecule has 1 aliphatic heterocycles. The van der Waals surface area contributed by atoms with E-state index in [1.54, 1.807) is 6.33 Å². The number of carbonyl (C=O) groups excluding carboxylic acids is 1. The van der Waals surface area contributed by atoms with Gasteiger partial charge < -0.3 is 26.3 Å². The number of nitrogens with one attached hydrogen (secondary N) is 1. The number of hydrogen-bond acceptors (Lipinski definition) is 7. The van der Waals surface area contributed by atoms with Crippen LogP contribution in [0.25, 0.3) is 11.2 Å². The van der Waals surface area contributed by atoms with Crippen LogP contribution in [0.1, 0.15) is 50.2 Å². The van der Waals surface area contributed by atoms with E-state index in [4.69, 9.17) is 11.5 Å². The number of anilines is 2. The van der Waals surface area contributed by atoms with E-state index in [0.717, 1.165) is 31.5 Å². The molecule has 1 unspecified atom stereocenters. The highest BCUT2D eigenvalue weighted by molar-refractivity contribution is 5.88. The third-order valence-corrected chi connectivity index (χ3v) is 7.17. The fourth-order valence-electron chi connectivity index (χ4n) is 5.24. The Labute approximate surface area is 193 Å². The number of carbonyl (C=O) groups is 1. The summed E-state index contributed by atoms with van der Waals surface area (Å²) in [5, 5.41) is 3.20. The minimum atomic E-state index is -0.870. The maximum Gasteiger partial charge on any atom is 0.242 e. The van der Waals surface area contributed by atoms with Gasteiger partial charge in [-0.3, -0.25) is 4.79 Å². The lowest BCUT2D eigenvalue weighted by Gasteiger charge is -2.28. The first-order valence-corrected chi connectivity index (χ1v) is 11.9. The Bertz CT molecular complexity index is 1170. The summed E-state index contributed by atoms with van der Waals surface area (Å²) in [7, 11) is 0. The molecule has 9 nitrogen and oxygen atoms in total. The van der Waals surface area contributed by atoms with Crippen molar-refractivity contribution in [2.24, 2.45) is 5.73 Å². The van der Waals surface area contributed by atoms with Gasteiger partial charge in [-0.25, -0.2) is 15.0 Å². The Morgan fingerprint density at radius 3 is 2.85 bits per heavy atom. The van der Waals surface area contributed by atoms with Gasteiger partial charge in [0.15, 0.2) is 11.5 Å². The number of amides is 1. The second-order valence-corrected chi connectivity index (χ2v) is 9.35. The van der Waals surface area contributed by atoms with Crippen LogP contribution in [-0.4, -0.2) is 50.1 Å². The Balaban J connectivity index is 1.42. The summed E-state index contributed by atoms with van der Waals surface area (Å²) in [5.74, 6) is 0.362. The van der Waals surface area contributed by atoms with Crippen molar-refractivity contribution in [3.05, 3.63) is 42.0 Å². The first kappa shape index (κ1) is 21.6. The first-order chi connectivity index (χ1) is 16.0. The molecule has 1 atom stereocenters. The van der Waals surface area contributed by atoms with Crippen molar-refractivity contribution in [1.82, 2.24) is 24.8 Å². The molecule has 2 fully saturated rings. The number of rotatable bonds is 6. The largest absolute Gasteiger partial charge is 0.382 e. The molecule has 1 aromatic carbocycles. The summed E-state index contributed by atoms with van der Waals surface area (Å²) < 4.78 is 2.00. The van der Waals surface area contributed by atoms with Gasteiger partial charge in [0.1, 0.15) is 17.4 Å². The number of imidazole rings is 1. The van der Waals surface area contributed by atoms with Crippen molar-refractivity contribution in [2.45, 2.75) is 63.6 Å². The second kappa shape index (κ2) is 8.62. The van der Waals surface area contributed by atoms with Crippen LogP contribution in [0.5, 0.6) is 0 Å². The van der Waals surface area contributed by atoms with Gasteiger partial charge in [-0.05, 0) is 42.9 Å². The normalized spacial score (nSPS) is 21.2. The Hall–Kier alpha value is -3.20. The van der Waals surface area contributed by atoms with E-state index in [-0.39, 0.29) is 11.9 Å². The summed E-state index contributed by atoms with van der Waals surface area (Å²) in [6.45, 7) is 4.01. The van der Waals surface area contributed by atoms with Gasteiger partial charge >= 0.3 is 0 Å². The van der Waals surface area contributed by atoms with Crippen LogP contribution in [0.15, 0.2) is 30.9 Å². The molecule has 5 N–H and O–H groups in total. The van der Waals surface area contributed by atoms with Crippen molar-refractivity contribution >= 4 is 28.6 Å². The number of hydrogen-bond donors (Lipinski definition) is 3. The highest BCUT2D eigenvalue weighted by Crippen LogP contribution is 2.32. The molecule has 174 valence electrons. The second-order valence-electron chi connectivity index (χ2n) is 9.35. The van der Waals surface area contributed by atoms with E-state index in [1.165, 1.54) is 30.3 Å². The maximum absolute atomic E-state index is 13.0. The van der Waals surface area contributed by atoms with Crippen LogP contribution < -0.4 is 21.7 Å². The van der Waals surface area contributed by atoms with E-state index >= 15 is 0 Å². The monoisotopic (exact) mass is 448 g/mol. The Morgan fingerprint density at radius 2 is 2.06 bits per heavy atom. The zero-order chi connectivity index (χ0) is 23.0. The summed E-state index contributed by atoms with van der Waals surface area (Å²) in [4.78, 5) is 28.2. The predicted octanol–water partition coefficient (Wildman–Crippen LogP) is 1.99. The van der Waals surface area contributed by atoms with Crippen LogP contribution in [-0.2, 0) is 17.8 Å². The van der Waals surface area contributed by atoms with Gasteiger partial charge in [-0.1, -0.05) is 31.9 Å². The quantitative estimate of drug-likeness (QED) is 0.526. The third kappa shape index (κ3) is 4.01. The Kier molecular flexibility index (Phi) is 5.65. The fraction of sp³-hybridized carbons (Fsp3) is 0.500. The highest BCUT2D eigenvalue weighted by Gasteiger charge is 2.42. The molecule has 0 bridgehead atoms. The molecule has 33 heavy (non-hydrogen) atoms. The van der Waals surface area contributed by atoms with Crippen molar-refractivity contribution in [2.75, 3.05) is 23.7 Å². The molecule has 1 amide bonds. The van der Waals surface area contributed by atoms with E-state index in [1.807, 2.05) is 4.57 Å². The molecule has 2 aliphatic rings. The van der Waals surface area contributed by atoms with Gasteiger partial charge in [-0.2, -0.15) is 0 Å². The van der Waals surface area contributed by atoms with Gasteiger partial charge in [0.25, 0.3) is 0 Å². The molecule has 1 saturated carbocycles. The van der Waals surface area contributed by atoms with Crippen LogP contribution in [0.3, 0.4) is 0 Å². The number of aromatic nitrogens is 4. The summed E-state index contributed by atoms with van der Waals surface area (Å²) in [6, 6.07) is 6.63. The summed E-state index contributed by atoms with van der Waals surface area (Å²) in [5.41, 5.74) is 16.6. The summed E-state index contributed by atoms with van der Waals surface area (Å²) in [6.07, 6.45) is 9.24. The van der Waals surface area contributed by atoms with Crippen LogP contribution in [0.4, 0.5) is 11.5 Å². The zero-order valence-electron chi connectivity index (χ0n) is 19.1. The van der Waals surface area contributed by atoms with Crippen molar-refractivity contribution in [1.29, 1.82) is 0 Å². The smallest absolute Gasteiger partial charge is 0.242 e. The molecule has 5 rings (SSSR count). The van der Waals surface area contributed by atoms with Crippen molar-refractivity contribution < 1.29 is 4.79 Å². The minimum absolute atomic E-state index is 0.0159.